The maximum Gasteiger partial charge on any atom is 0.340 e. The van der Waals surface area contributed by atoms with Crippen LogP contribution in [0.15, 0.2) is 102 Å². The van der Waals surface area contributed by atoms with E-state index in [0.29, 0.717) is 17.1 Å². The summed E-state index contributed by atoms with van der Waals surface area (Å²) in [4.78, 5) is 12.0. The Bertz CT molecular complexity index is 1910. The summed E-state index contributed by atoms with van der Waals surface area (Å²) in [6, 6.07) is 17.3. The Hall–Kier alpha value is -5.54. The summed E-state index contributed by atoms with van der Waals surface area (Å²) >= 11 is 0. The molecule has 6 N–H and O–H groups in total. The molecule has 0 saturated heterocycles. The number of aryl methyl sites for hydroxylation is 2. The summed E-state index contributed by atoms with van der Waals surface area (Å²) in [5, 5.41) is 34.7. The van der Waals surface area contributed by atoms with Crippen molar-refractivity contribution in [2.24, 2.45) is 30.7 Å². The van der Waals surface area contributed by atoms with E-state index < -0.39 is 32.2 Å². The zero-order valence-electron chi connectivity index (χ0n) is 23.1. The number of carboxylic acid groups (broad SMARTS) is 1. The zero-order valence-corrected chi connectivity index (χ0v) is 23.9. The van der Waals surface area contributed by atoms with Gasteiger partial charge >= 0.3 is 5.97 Å². The van der Waals surface area contributed by atoms with E-state index in [-0.39, 0.29) is 28.4 Å². The van der Waals surface area contributed by atoms with Gasteiger partial charge in [-0.15, -0.1) is 25.6 Å². The molecule has 0 amide bonds. The lowest BCUT2D eigenvalue weighted by atomic mass is 10.1. The average molecular weight is 603 g/mol. The number of carboxylic acids is 1. The molecule has 0 aliphatic rings. The highest BCUT2D eigenvalue weighted by atomic mass is 32.2. The minimum atomic E-state index is -4.69. The van der Waals surface area contributed by atoms with Gasteiger partial charge in [0.15, 0.2) is 0 Å². The summed E-state index contributed by atoms with van der Waals surface area (Å²) in [6.07, 6.45) is 0. The molecule has 0 unspecified atom stereocenters. The van der Waals surface area contributed by atoms with Crippen LogP contribution >= 0.6 is 0 Å². The number of hydrogen-bond acceptors (Lipinski definition) is 12. The van der Waals surface area contributed by atoms with E-state index in [1.807, 2.05) is 19.9 Å². The van der Waals surface area contributed by atoms with Crippen LogP contribution in [-0.2, 0) is 10.1 Å². The number of anilines is 2. The molecule has 0 heterocycles. The molecule has 4 rings (SSSR count). The first kappa shape index (κ1) is 30.4. The molecule has 0 aliphatic carbocycles. The highest BCUT2D eigenvalue weighted by Gasteiger charge is 2.27. The zero-order chi connectivity index (χ0) is 31.3. The summed E-state index contributed by atoms with van der Waals surface area (Å²) < 4.78 is 38.6. The number of methoxy groups -OCH3 is 1. The van der Waals surface area contributed by atoms with Crippen LogP contribution < -0.4 is 16.2 Å². The molecule has 0 atom stereocenters. The van der Waals surface area contributed by atoms with Crippen molar-refractivity contribution in [3.8, 4) is 5.75 Å². The van der Waals surface area contributed by atoms with Crippen molar-refractivity contribution in [1.29, 1.82) is 0 Å². The van der Waals surface area contributed by atoms with Crippen LogP contribution in [0, 0.1) is 13.8 Å². The molecule has 0 spiro atoms. The van der Waals surface area contributed by atoms with Gasteiger partial charge in [-0.25, -0.2) is 4.79 Å². The SMILES string of the molecule is COc1ccc(C)cc1/N=N/c1c(N)c(/N=N/c2ccc(C)cc2)c(C(=O)O)c(/N=N/c2ccccc2S(=O)(=O)O)c1N. The van der Waals surface area contributed by atoms with Crippen LogP contribution in [0.1, 0.15) is 21.5 Å². The fraction of sp³-hybridized carbons (Fsp3) is 0.107. The number of carbonyl (C=O) groups is 1. The number of rotatable bonds is 9. The number of azo groups is 3. The predicted octanol–water partition coefficient (Wildman–Crippen LogP) is 7.67. The summed E-state index contributed by atoms with van der Waals surface area (Å²) in [5.74, 6) is -1.13. The summed E-state index contributed by atoms with van der Waals surface area (Å²) in [5.41, 5.74) is 12.8. The van der Waals surface area contributed by atoms with Crippen molar-refractivity contribution in [3.05, 3.63) is 83.4 Å². The number of ether oxygens (including phenoxy) is 1. The standard InChI is InChI=1S/C28H26N8O6S/c1-15-8-11-17(12-9-15)31-34-25-22(28(37)38)26(35-32-18-6-4-5-7-21(18)43(39,40)41)24(30)27(23(25)29)36-33-19-14-16(2)10-13-20(19)42-3/h4-14H,29-30H2,1-3H3,(H,37,38)(H,39,40,41)/b34-31+,35-32+,36-33+. The topological polar surface area (TPSA) is 227 Å². The third-order valence-electron chi connectivity index (χ3n) is 6.00. The van der Waals surface area contributed by atoms with Crippen LogP contribution in [0.25, 0.3) is 0 Å². The van der Waals surface area contributed by atoms with E-state index in [4.69, 9.17) is 16.2 Å². The highest BCUT2D eigenvalue weighted by molar-refractivity contribution is 7.86. The third kappa shape index (κ3) is 6.86. The second kappa shape index (κ2) is 12.5. The lowest BCUT2D eigenvalue weighted by molar-refractivity contribution is 0.0698. The van der Waals surface area contributed by atoms with E-state index in [0.717, 1.165) is 17.2 Å². The van der Waals surface area contributed by atoms with Gasteiger partial charge in [0.2, 0.25) is 0 Å². The van der Waals surface area contributed by atoms with E-state index in [1.54, 1.807) is 36.4 Å². The Morgan fingerprint density at radius 1 is 0.744 bits per heavy atom. The van der Waals surface area contributed by atoms with Crippen LogP contribution in [0.2, 0.25) is 0 Å². The Kier molecular flexibility index (Phi) is 8.87. The first-order valence-corrected chi connectivity index (χ1v) is 13.9. The van der Waals surface area contributed by atoms with Crippen molar-refractivity contribution in [2.45, 2.75) is 18.7 Å². The predicted molar refractivity (Wildman–Crippen MR) is 160 cm³/mol. The normalized spacial score (nSPS) is 12.0. The summed E-state index contributed by atoms with van der Waals surface area (Å²) in [6.45, 7) is 3.73. The van der Waals surface area contributed by atoms with Crippen LogP contribution in [0.4, 0.5) is 45.5 Å². The Balaban J connectivity index is 1.98. The fourth-order valence-electron chi connectivity index (χ4n) is 3.83. The molecule has 0 aliphatic heterocycles. The Morgan fingerprint density at radius 3 is 1.91 bits per heavy atom. The smallest absolute Gasteiger partial charge is 0.340 e. The first-order valence-electron chi connectivity index (χ1n) is 12.4. The Labute approximate surface area is 246 Å². The first-order chi connectivity index (χ1) is 20.4. The number of nitrogen functional groups attached to an aromatic ring is 2. The summed E-state index contributed by atoms with van der Waals surface area (Å²) in [7, 11) is -3.23. The van der Waals surface area contributed by atoms with Crippen LogP contribution in [-0.4, -0.2) is 31.2 Å². The number of nitrogens with two attached hydrogens (primary N) is 2. The maximum absolute atomic E-state index is 12.5. The maximum atomic E-state index is 12.5. The largest absolute Gasteiger partial charge is 0.494 e. The van der Waals surface area contributed by atoms with Gasteiger partial charge in [-0.2, -0.15) is 13.5 Å². The van der Waals surface area contributed by atoms with Gasteiger partial charge in [0.1, 0.15) is 44.6 Å². The third-order valence-corrected chi connectivity index (χ3v) is 6.90. The van der Waals surface area contributed by atoms with Gasteiger partial charge in [0.05, 0.1) is 24.2 Å². The van der Waals surface area contributed by atoms with E-state index in [2.05, 4.69) is 30.7 Å². The molecular formula is C28H26N8O6S. The lowest BCUT2D eigenvalue weighted by Crippen LogP contribution is -2.04. The molecule has 15 heteroatoms. The fourth-order valence-corrected chi connectivity index (χ4v) is 4.46. The number of nitrogens with zero attached hydrogens (tertiary/aromatic N) is 6. The highest BCUT2D eigenvalue weighted by Crippen LogP contribution is 2.49. The minimum absolute atomic E-state index is 0.191. The molecule has 0 saturated carbocycles. The van der Waals surface area contributed by atoms with Gasteiger partial charge in [0, 0.05) is 0 Å². The van der Waals surface area contributed by atoms with Crippen molar-refractivity contribution >= 4 is 61.6 Å². The van der Waals surface area contributed by atoms with Crippen LogP contribution in [0.5, 0.6) is 5.75 Å². The molecule has 0 radical (unpaired) electrons. The number of aromatic carboxylic acids is 1. The second-order valence-electron chi connectivity index (χ2n) is 9.11. The van der Waals surface area contributed by atoms with E-state index >= 15 is 0 Å². The molecule has 4 aromatic rings. The molecule has 14 nitrogen and oxygen atoms in total. The molecular weight excluding hydrogens is 576 g/mol. The molecule has 43 heavy (non-hydrogen) atoms. The average Bonchev–Trinajstić information content (AvgIpc) is 2.96. The minimum Gasteiger partial charge on any atom is -0.494 e. The molecule has 0 fully saturated rings. The van der Waals surface area contributed by atoms with Crippen LogP contribution in [0.3, 0.4) is 0 Å². The number of hydrogen-bond donors (Lipinski definition) is 4. The molecule has 0 aromatic heterocycles. The monoisotopic (exact) mass is 602 g/mol. The van der Waals surface area contributed by atoms with E-state index in [1.165, 1.54) is 25.3 Å². The van der Waals surface area contributed by atoms with Crippen molar-refractivity contribution in [2.75, 3.05) is 18.6 Å². The van der Waals surface area contributed by atoms with Crippen molar-refractivity contribution in [1.82, 2.24) is 0 Å². The van der Waals surface area contributed by atoms with Crippen molar-refractivity contribution in [3.63, 3.8) is 0 Å². The van der Waals surface area contributed by atoms with Gasteiger partial charge < -0.3 is 21.3 Å². The lowest BCUT2D eigenvalue weighted by Gasteiger charge is -2.13. The Morgan fingerprint density at radius 2 is 1.30 bits per heavy atom. The van der Waals surface area contributed by atoms with Gasteiger partial charge in [-0.3, -0.25) is 4.55 Å². The van der Waals surface area contributed by atoms with Gasteiger partial charge in [0.25, 0.3) is 10.1 Å². The van der Waals surface area contributed by atoms with Crippen molar-refractivity contribution < 1.29 is 27.6 Å². The number of benzene rings is 4. The molecule has 4 aromatic carbocycles. The molecule has 0 bridgehead atoms. The van der Waals surface area contributed by atoms with E-state index in [9.17, 15) is 22.9 Å². The quantitative estimate of drug-likeness (QED) is 0.0841. The van der Waals surface area contributed by atoms with Gasteiger partial charge in [-0.05, 0) is 55.8 Å². The molecule has 220 valence electrons. The van der Waals surface area contributed by atoms with Gasteiger partial charge in [-0.1, -0.05) is 35.9 Å². The second-order valence-corrected chi connectivity index (χ2v) is 10.5.